The summed E-state index contributed by atoms with van der Waals surface area (Å²) < 4.78 is 7.72. The van der Waals surface area contributed by atoms with Crippen molar-refractivity contribution in [1.29, 1.82) is 0 Å². The van der Waals surface area contributed by atoms with Crippen LogP contribution in [-0.4, -0.2) is 37.7 Å². The monoisotopic (exact) mass is 429 g/mol. The molecule has 0 amide bonds. The zero-order valence-electron chi connectivity index (χ0n) is 16.5. The van der Waals surface area contributed by atoms with Crippen LogP contribution >= 0.6 is 11.3 Å². The zero-order chi connectivity index (χ0) is 20.9. The lowest BCUT2D eigenvalue weighted by Crippen LogP contribution is -2.13. The minimum Gasteiger partial charge on any atom is -0.492 e. The van der Waals surface area contributed by atoms with Gasteiger partial charge in [-0.05, 0) is 35.7 Å². The predicted octanol–water partition coefficient (Wildman–Crippen LogP) is 4.51. The average Bonchev–Trinajstić information content (AvgIpc) is 3.48. The third-order valence-corrected chi connectivity index (χ3v) is 5.16. The Morgan fingerprint density at radius 1 is 0.968 bits per heavy atom. The van der Waals surface area contributed by atoms with Crippen molar-refractivity contribution < 1.29 is 4.74 Å². The number of hydrogen-bond acceptors (Lipinski definition) is 8. The Morgan fingerprint density at radius 3 is 2.68 bits per heavy atom. The molecule has 9 heteroatoms. The largest absolute Gasteiger partial charge is 0.492 e. The summed E-state index contributed by atoms with van der Waals surface area (Å²) in [5.41, 5.74) is 2.41. The Labute approximate surface area is 182 Å². The first-order valence-electron chi connectivity index (χ1n) is 9.74. The van der Waals surface area contributed by atoms with Crippen LogP contribution in [0.4, 0.5) is 17.6 Å². The molecule has 0 bridgehead atoms. The summed E-state index contributed by atoms with van der Waals surface area (Å²) in [5, 5.41) is 10.6. The number of nitrogens with zero attached hydrogens (tertiary/aromatic N) is 5. The Balaban J connectivity index is 1.42. The van der Waals surface area contributed by atoms with Crippen LogP contribution in [0.2, 0.25) is 0 Å². The van der Waals surface area contributed by atoms with E-state index < -0.39 is 0 Å². The molecule has 4 heterocycles. The number of hydrogen-bond donors (Lipinski definition) is 2. The lowest BCUT2D eigenvalue weighted by molar-refractivity contribution is 0.333. The van der Waals surface area contributed by atoms with Gasteiger partial charge in [0.2, 0.25) is 5.95 Å². The number of thiophene rings is 1. The number of imidazole rings is 1. The normalized spacial score (nSPS) is 10.8. The van der Waals surface area contributed by atoms with E-state index in [0.29, 0.717) is 41.9 Å². The van der Waals surface area contributed by atoms with E-state index in [2.05, 4.69) is 31.0 Å². The van der Waals surface area contributed by atoms with Gasteiger partial charge >= 0.3 is 0 Å². The molecular weight excluding hydrogens is 410 g/mol. The number of aromatic nitrogens is 5. The lowest BCUT2D eigenvalue weighted by atomic mass is 10.3. The van der Waals surface area contributed by atoms with Gasteiger partial charge in [-0.15, -0.1) is 0 Å². The number of para-hydroxylation sites is 1. The molecule has 0 aliphatic carbocycles. The number of nitrogens with one attached hydrogen (secondary N) is 2. The van der Waals surface area contributed by atoms with E-state index >= 15 is 0 Å². The minimum atomic E-state index is 0.439. The first-order valence-corrected chi connectivity index (χ1v) is 10.7. The summed E-state index contributed by atoms with van der Waals surface area (Å²) in [6.07, 6.45) is 3.48. The van der Waals surface area contributed by atoms with Crippen molar-refractivity contribution >= 4 is 40.1 Å². The molecule has 154 valence electrons. The lowest BCUT2D eigenvalue weighted by Gasteiger charge is -2.11. The summed E-state index contributed by atoms with van der Waals surface area (Å²) in [7, 11) is 0. The van der Waals surface area contributed by atoms with Crippen LogP contribution in [0, 0.1) is 0 Å². The van der Waals surface area contributed by atoms with Crippen molar-refractivity contribution in [3.63, 3.8) is 0 Å². The van der Waals surface area contributed by atoms with Crippen molar-refractivity contribution in [2.75, 3.05) is 23.8 Å². The number of pyridine rings is 1. The van der Waals surface area contributed by atoms with E-state index in [9.17, 15) is 0 Å². The van der Waals surface area contributed by atoms with E-state index in [1.807, 2.05) is 64.5 Å². The second-order valence-corrected chi connectivity index (χ2v) is 7.37. The number of rotatable bonds is 8. The van der Waals surface area contributed by atoms with Gasteiger partial charge in [0.15, 0.2) is 17.0 Å². The van der Waals surface area contributed by atoms with Gasteiger partial charge in [-0.1, -0.05) is 24.3 Å². The number of ether oxygens (including phenoxy) is 1. The predicted molar refractivity (Wildman–Crippen MR) is 122 cm³/mol. The molecule has 0 saturated heterocycles. The molecule has 0 fully saturated rings. The van der Waals surface area contributed by atoms with Crippen LogP contribution in [-0.2, 0) is 0 Å². The molecule has 2 N–H and O–H groups in total. The van der Waals surface area contributed by atoms with Gasteiger partial charge in [0, 0.05) is 11.6 Å². The van der Waals surface area contributed by atoms with Gasteiger partial charge in [0.1, 0.15) is 24.5 Å². The van der Waals surface area contributed by atoms with Crippen molar-refractivity contribution in [3.05, 3.63) is 77.9 Å². The van der Waals surface area contributed by atoms with Crippen molar-refractivity contribution in [3.8, 4) is 11.4 Å². The maximum Gasteiger partial charge on any atom is 0.232 e. The van der Waals surface area contributed by atoms with E-state index in [-0.39, 0.29) is 0 Å². The summed E-state index contributed by atoms with van der Waals surface area (Å²) in [4.78, 5) is 18.2. The summed E-state index contributed by atoms with van der Waals surface area (Å²) in [6, 6.07) is 17.4. The Morgan fingerprint density at radius 2 is 1.87 bits per heavy atom. The zero-order valence-corrected chi connectivity index (χ0v) is 17.3. The Bertz CT molecular complexity index is 1260. The molecule has 0 aliphatic heterocycles. The Hall–Kier alpha value is -3.98. The second-order valence-electron chi connectivity index (χ2n) is 6.59. The van der Waals surface area contributed by atoms with Gasteiger partial charge in [-0.2, -0.15) is 21.3 Å². The first-order chi connectivity index (χ1) is 15.4. The van der Waals surface area contributed by atoms with Crippen LogP contribution in [0.15, 0.2) is 77.9 Å². The van der Waals surface area contributed by atoms with Crippen molar-refractivity contribution in [2.45, 2.75) is 0 Å². The topological polar surface area (TPSA) is 89.8 Å². The molecule has 0 unspecified atom stereocenters. The number of anilines is 3. The van der Waals surface area contributed by atoms with Gasteiger partial charge < -0.3 is 15.4 Å². The van der Waals surface area contributed by atoms with Crippen molar-refractivity contribution in [2.24, 2.45) is 0 Å². The molecule has 0 saturated carbocycles. The highest BCUT2D eigenvalue weighted by atomic mass is 32.1. The fourth-order valence-corrected chi connectivity index (χ4v) is 3.70. The van der Waals surface area contributed by atoms with E-state index in [4.69, 9.17) is 9.72 Å². The minimum absolute atomic E-state index is 0.439. The van der Waals surface area contributed by atoms with E-state index in [0.717, 1.165) is 11.4 Å². The van der Waals surface area contributed by atoms with Crippen LogP contribution < -0.4 is 15.4 Å². The van der Waals surface area contributed by atoms with Crippen LogP contribution in [0.25, 0.3) is 16.9 Å². The summed E-state index contributed by atoms with van der Waals surface area (Å²) >= 11 is 1.62. The molecule has 0 aliphatic rings. The highest BCUT2D eigenvalue weighted by Crippen LogP contribution is 2.25. The average molecular weight is 430 g/mol. The molecule has 5 rings (SSSR count). The van der Waals surface area contributed by atoms with E-state index in [1.165, 1.54) is 0 Å². The van der Waals surface area contributed by atoms with Crippen molar-refractivity contribution in [1.82, 2.24) is 24.5 Å². The fraction of sp³-hybridized carbons (Fsp3) is 0.0909. The maximum absolute atomic E-state index is 5.77. The molecule has 0 atom stereocenters. The van der Waals surface area contributed by atoms with Gasteiger partial charge in [0.05, 0.1) is 12.2 Å². The van der Waals surface area contributed by atoms with Crippen LogP contribution in [0.3, 0.4) is 0 Å². The van der Waals surface area contributed by atoms with Gasteiger partial charge in [-0.25, -0.2) is 9.97 Å². The number of fused-ring (bicyclic) bond motifs is 1. The van der Waals surface area contributed by atoms with Gasteiger partial charge in [-0.3, -0.25) is 4.57 Å². The maximum atomic E-state index is 5.77. The van der Waals surface area contributed by atoms with Crippen LogP contribution in [0.5, 0.6) is 5.75 Å². The summed E-state index contributed by atoms with van der Waals surface area (Å²) in [5.74, 6) is 2.57. The quantitative estimate of drug-likeness (QED) is 0.351. The van der Waals surface area contributed by atoms with Crippen LogP contribution in [0.1, 0.15) is 0 Å². The third-order valence-electron chi connectivity index (χ3n) is 4.49. The smallest absolute Gasteiger partial charge is 0.232 e. The molecular formula is C22H19N7OS. The summed E-state index contributed by atoms with van der Waals surface area (Å²) in [6.45, 7) is 1.05. The highest BCUT2D eigenvalue weighted by Gasteiger charge is 2.15. The molecule has 0 radical (unpaired) electrons. The number of benzene rings is 1. The van der Waals surface area contributed by atoms with E-state index in [1.54, 1.807) is 23.9 Å². The highest BCUT2D eigenvalue weighted by molar-refractivity contribution is 7.08. The second kappa shape index (κ2) is 8.80. The van der Waals surface area contributed by atoms with Gasteiger partial charge in [0.25, 0.3) is 0 Å². The standard InChI is InChI=1S/C22H19N7OS/c1-2-6-17(7-3-1)30-12-11-24-20-19-21(29(15-25-19)16-9-13-31-14-16)28-22(27-20)26-18-8-4-5-10-23-18/h1-10,13-15H,11-12H2,(H2,23,24,26,27,28). The molecule has 4 aromatic heterocycles. The Kier molecular flexibility index (Phi) is 5.40. The molecule has 1 aromatic carbocycles. The molecule has 0 spiro atoms. The molecule has 5 aromatic rings. The first kappa shape index (κ1) is 19.0. The fourth-order valence-electron chi connectivity index (χ4n) is 3.07. The third kappa shape index (κ3) is 4.31. The molecule has 31 heavy (non-hydrogen) atoms. The molecule has 8 nitrogen and oxygen atoms in total. The SMILES string of the molecule is c1ccc(OCCNc2nc(Nc3ccccn3)nc3c2ncn3-c2ccsc2)cc1.